The normalized spacial score (nSPS) is 12.1. The number of aromatic amines is 1. The molecule has 0 saturated carbocycles. The van der Waals surface area contributed by atoms with Crippen molar-refractivity contribution in [2.24, 2.45) is 0 Å². The van der Waals surface area contributed by atoms with E-state index in [4.69, 9.17) is 10.2 Å². The molecule has 0 bridgehead atoms. The molecule has 1 amide bonds. The van der Waals surface area contributed by atoms with E-state index in [0.717, 1.165) is 16.3 Å². The highest BCUT2D eigenvalue weighted by molar-refractivity contribution is 7.09. The second kappa shape index (κ2) is 6.51. The van der Waals surface area contributed by atoms with Crippen molar-refractivity contribution in [3.63, 3.8) is 0 Å². The number of nitrogens with zero attached hydrogens (tertiary/aromatic N) is 1. The van der Waals surface area contributed by atoms with Crippen LogP contribution < -0.4 is 5.32 Å². The van der Waals surface area contributed by atoms with Crippen LogP contribution >= 0.6 is 11.3 Å². The standard InChI is InChI=1S/C13H15N3O4S/c1-7-15-11(6-21-7)8-4-10(14-5-8)12(18)16-9(2-3-17)13(19)20/h4-6,9,14,17H,2-3H2,1H3,(H,16,18)(H,19,20). The monoisotopic (exact) mass is 309 g/mol. The van der Waals surface area contributed by atoms with Crippen LogP contribution in [-0.4, -0.2) is 44.7 Å². The molecule has 0 aliphatic rings. The number of aromatic nitrogens is 2. The summed E-state index contributed by atoms with van der Waals surface area (Å²) in [6.07, 6.45) is 1.60. The van der Waals surface area contributed by atoms with Gasteiger partial charge in [-0.25, -0.2) is 9.78 Å². The third-order valence-corrected chi connectivity index (χ3v) is 3.64. The number of carboxylic acid groups (broad SMARTS) is 1. The number of carbonyl (C=O) groups is 2. The van der Waals surface area contributed by atoms with Crippen molar-refractivity contribution in [3.8, 4) is 11.3 Å². The van der Waals surface area contributed by atoms with Gasteiger partial charge in [-0.2, -0.15) is 0 Å². The van der Waals surface area contributed by atoms with Crippen LogP contribution in [0.5, 0.6) is 0 Å². The van der Waals surface area contributed by atoms with E-state index in [1.165, 1.54) is 11.3 Å². The highest BCUT2D eigenvalue weighted by Gasteiger charge is 2.21. The van der Waals surface area contributed by atoms with E-state index in [9.17, 15) is 9.59 Å². The van der Waals surface area contributed by atoms with Crippen molar-refractivity contribution in [1.82, 2.24) is 15.3 Å². The first-order valence-corrected chi connectivity index (χ1v) is 7.14. The second-order valence-electron chi connectivity index (χ2n) is 4.43. The molecule has 2 rings (SSSR count). The van der Waals surface area contributed by atoms with Gasteiger partial charge in [-0.3, -0.25) is 4.79 Å². The van der Waals surface area contributed by atoms with E-state index in [0.29, 0.717) is 0 Å². The lowest BCUT2D eigenvalue weighted by Gasteiger charge is -2.12. The molecule has 7 nitrogen and oxygen atoms in total. The second-order valence-corrected chi connectivity index (χ2v) is 5.49. The lowest BCUT2D eigenvalue weighted by Crippen LogP contribution is -2.41. The van der Waals surface area contributed by atoms with Crippen molar-refractivity contribution in [1.29, 1.82) is 0 Å². The molecule has 2 heterocycles. The number of aliphatic hydroxyl groups is 1. The summed E-state index contributed by atoms with van der Waals surface area (Å²) in [4.78, 5) is 30.0. The Morgan fingerprint density at radius 3 is 2.86 bits per heavy atom. The number of rotatable bonds is 6. The highest BCUT2D eigenvalue weighted by atomic mass is 32.1. The summed E-state index contributed by atoms with van der Waals surface area (Å²) in [7, 11) is 0. The van der Waals surface area contributed by atoms with Gasteiger partial charge in [0.05, 0.1) is 10.7 Å². The maximum Gasteiger partial charge on any atom is 0.326 e. The number of carboxylic acids is 1. The Kier molecular flexibility index (Phi) is 4.71. The van der Waals surface area contributed by atoms with Crippen LogP contribution in [0.3, 0.4) is 0 Å². The summed E-state index contributed by atoms with van der Waals surface area (Å²) in [6.45, 7) is 1.58. The van der Waals surface area contributed by atoms with Gasteiger partial charge < -0.3 is 20.5 Å². The van der Waals surface area contributed by atoms with E-state index < -0.39 is 17.9 Å². The van der Waals surface area contributed by atoms with Crippen LogP contribution in [0.25, 0.3) is 11.3 Å². The SMILES string of the molecule is Cc1nc(-c2c[nH]c(C(=O)NC(CCO)C(=O)O)c2)cs1. The summed E-state index contributed by atoms with van der Waals surface area (Å²) in [6, 6.07) is 0.498. The van der Waals surface area contributed by atoms with E-state index >= 15 is 0 Å². The first kappa shape index (κ1) is 15.2. The Labute approximate surface area is 124 Å². The molecule has 4 N–H and O–H groups in total. The summed E-state index contributed by atoms with van der Waals surface area (Å²) in [5.74, 6) is -1.71. The number of thiazole rings is 1. The number of aliphatic hydroxyl groups excluding tert-OH is 1. The molecule has 2 aromatic rings. The van der Waals surface area contributed by atoms with E-state index in [1.54, 1.807) is 12.3 Å². The van der Waals surface area contributed by atoms with Gasteiger partial charge in [-0.15, -0.1) is 11.3 Å². The zero-order chi connectivity index (χ0) is 15.4. The van der Waals surface area contributed by atoms with Gasteiger partial charge in [0.15, 0.2) is 0 Å². The van der Waals surface area contributed by atoms with Crippen LogP contribution in [0, 0.1) is 6.92 Å². The number of hydrogen-bond acceptors (Lipinski definition) is 5. The van der Waals surface area contributed by atoms with Gasteiger partial charge >= 0.3 is 5.97 Å². The summed E-state index contributed by atoms with van der Waals surface area (Å²) in [5, 5.41) is 22.9. The summed E-state index contributed by atoms with van der Waals surface area (Å²) >= 11 is 1.51. The molecule has 0 radical (unpaired) electrons. The van der Waals surface area contributed by atoms with Gasteiger partial charge in [0.25, 0.3) is 5.91 Å². The molecule has 2 aromatic heterocycles. The Balaban J connectivity index is 2.10. The fraction of sp³-hybridized carbons (Fsp3) is 0.308. The maximum absolute atomic E-state index is 12.0. The fourth-order valence-corrected chi connectivity index (χ4v) is 2.41. The number of hydrogen-bond donors (Lipinski definition) is 4. The van der Waals surface area contributed by atoms with Crippen molar-refractivity contribution in [3.05, 3.63) is 28.3 Å². The lowest BCUT2D eigenvalue weighted by molar-refractivity contribution is -0.139. The van der Waals surface area contributed by atoms with Gasteiger partial charge in [0.2, 0.25) is 0 Å². The minimum atomic E-state index is -1.18. The molecule has 1 atom stereocenters. The number of aliphatic carboxylic acids is 1. The van der Waals surface area contributed by atoms with E-state index in [2.05, 4.69) is 15.3 Å². The largest absolute Gasteiger partial charge is 0.480 e. The summed E-state index contributed by atoms with van der Waals surface area (Å²) < 4.78 is 0. The van der Waals surface area contributed by atoms with E-state index in [1.807, 2.05) is 12.3 Å². The quantitative estimate of drug-likeness (QED) is 0.635. The van der Waals surface area contributed by atoms with Gasteiger partial charge in [-0.1, -0.05) is 0 Å². The maximum atomic E-state index is 12.0. The zero-order valence-corrected chi connectivity index (χ0v) is 12.1. The molecule has 0 fully saturated rings. The number of aryl methyl sites for hydroxylation is 1. The summed E-state index contributed by atoms with van der Waals surface area (Å²) in [5.41, 5.74) is 1.77. The van der Waals surface area contributed by atoms with Gasteiger partial charge in [0.1, 0.15) is 11.7 Å². The van der Waals surface area contributed by atoms with Crippen molar-refractivity contribution < 1.29 is 19.8 Å². The number of amides is 1. The Bertz CT molecular complexity index is 649. The van der Waals surface area contributed by atoms with Crippen LogP contribution in [0.4, 0.5) is 0 Å². The van der Waals surface area contributed by atoms with E-state index in [-0.39, 0.29) is 18.7 Å². The zero-order valence-electron chi connectivity index (χ0n) is 11.3. The first-order valence-electron chi connectivity index (χ1n) is 6.26. The first-order chi connectivity index (χ1) is 10.0. The van der Waals surface area contributed by atoms with Crippen LogP contribution in [0.1, 0.15) is 21.9 Å². The molecule has 21 heavy (non-hydrogen) atoms. The molecule has 0 aliphatic carbocycles. The third-order valence-electron chi connectivity index (χ3n) is 2.86. The molecular weight excluding hydrogens is 294 g/mol. The number of H-pyrrole nitrogens is 1. The van der Waals surface area contributed by atoms with Gasteiger partial charge in [0, 0.05) is 30.2 Å². The number of nitrogens with one attached hydrogen (secondary N) is 2. The smallest absolute Gasteiger partial charge is 0.326 e. The topological polar surface area (TPSA) is 115 Å². The van der Waals surface area contributed by atoms with Crippen LogP contribution in [0.15, 0.2) is 17.6 Å². The van der Waals surface area contributed by atoms with Gasteiger partial charge in [-0.05, 0) is 13.0 Å². The van der Waals surface area contributed by atoms with Crippen molar-refractivity contribution in [2.45, 2.75) is 19.4 Å². The Hall–Kier alpha value is -2.19. The Morgan fingerprint density at radius 2 is 2.29 bits per heavy atom. The van der Waals surface area contributed by atoms with Crippen LogP contribution in [0.2, 0.25) is 0 Å². The number of carbonyl (C=O) groups excluding carboxylic acids is 1. The molecular formula is C13H15N3O4S. The highest BCUT2D eigenvalue weighted by Crippen LogP contribution is 2.22. The minimum Gasteiger partial charge on any atom is -0.480 e. The molecule has 0 saturated heterocycles. The molecule has 1 unspecified atom stereocenters. The predicted molar refractivity (Wildman–Crippen MR) is 77.2 cm³/mol. The fourth-order valence-electron chi connectivity index (χ4n) is 1.79. The minimum absolute atomic E-state index is 0.0417. The lowest BCUT2D eigenvalue weighted by atomic mass is 10.2. The molecule has 0 aliphatic heterocycles. The van der Waals surface area contributed by atoms with Crippen LogP contribution in [-0.2, 0) is 4.79 Å². The molecule has 0 aromatic carbocycles. The molecule has 8 heteroatoms. The Morgan fingerprint density at radius 1 is 1.52 bits per heavy atom. The average molecular weight is 309 g/mol. The average Bonchev–Trinajstić information content (AvgIpc) is 3.06. The molecule has 0 spiro atoms. The predicted octanol–water partition coefficient (Wildman–Crippen LogP) is 1.01. The van der Waals surface area contributed by atoms with Crippen molar-refractivity contribution in [2.75, 3.05) is 6.61 Å². The van der Waals surface area contributed by atoms with Crippen molar-refractivity contribution >= 4 is 23.2 Å². The third kappa shape index (κ3) is 3.67. The molecule has 112 valence electrons.